The third-order valence-corrected chi connectivity index (χ3v) is 12.0. The lowest BCUT2D eigenvalue weighted by Crippen LogP contribution is -2.66. The quantitative estimate of drug-likeness (QED) is 0.130. The first-order chi connectivity index (χ1) is 19.9. The highest BCUT2D eigenvalue weighted by atomic mass is 28.4. The van der Waals surface area contributed by atoms with Crippen molar-refractivity contribution in [1.82, 2.24) is 0 Å². The highest BCUT2D eigenvalue weighted by molar-refractivity contribution is 6.99. The number of hydrogen-bond acceptors (Lipinski definition) is 7. The summed E-state index contributed by atoms with van der Waals surface area (Å²) in [5, 5.41) is 2.51. The molecule has 0 aliphatic rings. The molecule has 0 heterocycles. The van der Waals surface area contributed by atoms with E-state index in [0.29, 0.717) is 85.2 Å². The molecule has 0 aliphatic heterocycles. The molecule has 8 heteroatoms. The highest BCUT2D eigenvalue weighted by Gasteiger charge is 2.49. The summed E-state index contributed by atoms with van der Waals surface area (Å²) in [6, 6.07) is 21.3. The van der Waals surface area contributed by atoms with Crippen LogP contribution >= 0.6 is 0 Å². The van der Waals surface area contributed by atoms with Gasteiger partial charge in [0.15, 0.2) is 0 Å². The van der Waals surface area contributed by atoms with Gasteiger partial charge in [-0.15, -0.1) is 0 Å². The fourth-order valence-electron chi connectivity index (χ4n) is 4.52. The summed E-state index contributed by atoms with van der Waals surface area (Å²) < 4.78 is 40.4. The van der Waals surface area contributed by atoms with Gasteiger partial charge in [0.25, 0.3) is 8.32 Å². The second-order valence-electron chi connectivity index (χ2n) is 11.2. The molecule has 0 saturated carbocycles. The van der Waals surface area contributed by atoms with Crippen molar-refractivity contribution in [3.8, 4) is 0 Å². The molecule has 0 aliphatic carbocycles. The van der Waals surface area contributed by atoms with Gasteiger partial charge in [0.2, 0.25) is 0 Å². The Labute approximate surface area is 249 Å². The summed E-state index contributed by atoms with van der Waals surface area (Å²) in [6.45, 7) is 18.6. The Morgan fingerprint density at radius 3 is 1.22 bits per heavy atom. The molecule has 232 valence electrons. The summed E-state index contributed by atoms with van der Waals surface area (Å²) >= 11 is 0. The van der Waals surface area contributed by atoms with Crippen LogP contribution in [-0.2, 0) is 32.8 Å². The lowest BCUT2D eigenvalue weighted by molar-refractivity contribution is -0.0192. The maximum Gasteiger partial charge on any atom is 0.261 e. The van der Waals surface area contributed by atoms with Gasteiger partial charge in [-0.1, -0.05) is 102 Å². The molecule has 0 aromatic heterocycles. The third-order valence-electron chi connectivity index (χ3n) is 6.92. The fraction of sp³-hybridized carbons (Fsp3) is 0.636. The van der Waals surface area contributed by atoms with E-state index in [0.717, 1.165) is 13.0 Å². The highest BCUT2D eigenvalue weighted by Crippen LogP contribution is 2.36. The minimum atomic E-state index is -2.52. The second-order valence-corrected chi connectivity index (χ2v) is 15.5. The molecule has 0 spiro atoms. The fourth-order valence-corrected chi connectivity index (χ4v) is 9.06. The van der Waals surface area contributed by atoms with Crippen LogP contribution in [0.1, 0.15) is 41.0 Å². The zero-order valence-electron chi connectivity index (χ0n) is 26.1. The molecule has 0 fully saturated rings. The molecule has 41 heavy (non-hydrogen) atoms. The Bertz CT molecular complexity index is 837. The van der Waals surface area contributed by atoms with Crippen LogP contribution in [0.25, 0.3) is 0 Å². The Balaban J connectivity index is 1.51. The lowest BCUT2D eigenvalue weighted by Gasteiger charge is -2.43. The van der Waals surface area contributed by atoms with Gasteiger partial charge in [-0.3, -0.25) is 0 Å². The minimum Gasteiger partial charge on any atom is -0.405 e. The van der Waals surface area contributed by atoms with Crippen LogP contribution in [0.5, 0.6) is 0 Å². The maximum absolute atomic E-state index is 6.83. The normalized spacial score (nSPS) is 13.0. The van der Waals surface area contributed by atoms with Crippen molar-refractivity contribution >= 4 is 18.7 Å². The van der Waals surface area contributed by atoms with E-state index in [1.165, 1.54) is 10.4 Å². The Morgan fingerprint density at radius 2 is 0.878 bits per heavy atom. The second kappa shape index (κ2) is 21.1. The summed E-state index contributed by atoms with van der Waals surface area (Å²) in [5.74, 6) is 0.601. The predicted octanol–water partition coefficient (Wildman–Crippen LogP) is 4.71. The molecule has 1 unspecified atom stereocenters. The molecule has 2 aromatic rings. The van der Waals surface area contributed by atoms with Crippen LogP contribution in [0.2, 0.25) is 5.04 Å². The SMILES string of the molecule is CCC(C)COCCOCCOCCOCCOCCOCCO[Si](c1ccccc1)(c1ccccc1)C(C)(C)C. The first-order valence-corrected chi connectivity index (χ1v) is 17.0. The van der Waals surface area contributed by atoms with Crippen LogP contribution in [0.3, 0.4) is 0 Å². The monoisotopic (exact) mass is 590 g/mol. The Morgan fingerprint density at radius 1 is 0.537 bits per heavy atom. The smallest absolute Gasteiger partial charge is 0.261 e. The minimum absolute atomic E-state index is 0.0420. The zero-order chi connectivity index (χ0) is 29.7. The van der Waals surface area contributed by atoms with Crippen molar-refractivity contribution in [3.05, 3.63) is 60.7 Å². The molecule has 0 N–H and O–H groups in total. The number of benzene rings is 2. The molecule has 0 radical (unpaired) electrons. The van der Waals surface area contributed by atoms with Gasteiger partial charge in [-0.2, -0.15) is 0 Å². The molecule has 0 amide bonds. The van der Waals surface area contributed by atoms with E-state index in [1.54, 1.807) is 0 Å². The topological polar surface area (TPSA) is 64.6 Å². The van der Waals surface area contributed by atoms with Crippen molar-refractivity contribution in [2.45, 2.75) is 46.1 Å². The van der Waals surface area contributed by atoms with Crippen molar-refractivity contribution < 1.29 is 32.8 Å². The standard InChI is InChI=1S/C33H54O7Si/c1-6-30(2)29-39-26-25-37-22-21-35-18-17-34-19-20-36-23-24-38-27-28-40-41(33(3,4)5,31-13-9-7-10-14-31)32-15-11-8-12-16-32/h7-16,30H,6,17-29H2,1-5H3. The largest absolute Gasteiger partial charge is 0.405 e. The van der Waals surface area contributed by atoms with E-state index < -0.39 is 8.32 Å². The third kappa shape index (κ3) is 13.5. The molecular weight excluding hydrogens is 536 g/mol. The van der Waals surface area contributed by atoms with Gasteiger partial charge >= 0.3 is 0 Å². The van der Waals surface area contributed by atoms with Crippen LogP contribution in [-0.4, -0.2) is 94.2 Å². The predicted molar refractivity (Wildman–Crippen MR) is 168 cm³/mol. The van der Waals surface area contributed by atoms with E-state index >= 15 is 0 Å². The summed E-state index contributed by atoms with van der Waals surface area (Å²) in [7, 11) is -2.52. The molecule has 1 atom stereocenters. The van der Waals surface area contributed by atoms with Gasteiger partial charge in [0.05, 0.1) is 79.3 Å². The molecule has 2 aromatic carbocycles. The average molecular weight is 591 g/mol. The van der Waals surface area contributed by atoms with Crippen molar-refractivity contribution in [2.24, 2.45) is 5.92 Å². The van der Waals surface area contributed by atoms with Crippen molar-refractivity contribution in [3.63, 3.8) is 0 Å². The average Bonchev–Trinajstić information content (AvgIpc) is 2.98. The Kier molecular flexibility index (Phi) is 18.3. The summed E-state index contributed by atoms with van der Waals surface area (Å²) in [6.07, 6.45) is 1.14. The maximum atomic E-state index is 6.83. The Hall–Kier alpha value is -1.62. The van der Waals surface area contributed by atoms with E-state index in [9.17, 15) is 0 Å². The van der Waals surface area contributed by atoms with E-state index in [4.69, 9.17) is 32.8 Å². The molecule has 7 nitrogen and oxygen atoms in total. The van der Waals surface area contributed by atoms with Crippen molar-refractivity contribution in [2.75, 3.05) is 85.9 Å². The first kappa shape index (κ1) is 35.6. The van der Waals surface area contributed by atoms with Crippen LogP contribution in [0.15, 0.2) is 60.7 Å². The molecular formula is C33H54O7Si. The van der Waals surface area contributed by atoms with Gasteiger partial charge in [-0.25, -0.2) is 0 Å². The van der Waals surface area contributed by atoms with Crippen LogP contribution in [0.4, 0.5) is 0 Å². The van der Waals surface area contributed by atoms with Gasteiger partial charge in [-0.05, 0) is 21.3 Å². The molecule has 2 rings (SSSR count). The van der Waals surface area contributed by atoms with E-state index in [2.05, 4.69) is 95.3 Å². The lowest BCUT2D eigenvalue weighted by atomic mass is 10.1. The van der Waals surface area contributed by atoms with Gasteiger partial charge in [0.1, 0.15) is 0 Å². The molecule has 0 saturated heterocycles. The van der Waals surface area contributed by atoms with E-state index in [1.807, 2.05) is 0 Å². The van der Waals surface area contributed by atoms with Crippen molar-refractivity contribution in [1.29, 1.82) is 0 Å². The van der Waals surface area contributed by atoms with Gasteiger partial charge < -0.3 is 32.8 Å². The van der Waals surface area contributed by atoms with Crippen LogP contribution in [0, 0.1) is 5.92 Å². The first-order valence-electron chi connectivity index (χ1n) is 15.1. The number of rotatable bonds is 24. The summed E-state index contributed by atoms with van der Waals surface area (Å²) in [4.78, 5) is 0. The van der Waals surface area contributed by atoms with Gasteiger partial charge in [0, 0.05) is 6.61 Å². The van der Waals surface area contributed by atoms with E-state index in [-0.39, 0.29) is 5.04 Å². The summed E-state index contributed by atoms with van der Waals surface area (Å²) in [5.41, 5.74) is 0. The number of ether oxygens (including phenoxy) is 6. The number of hydrogen-bond donors (Lipinski definition) is 0. The van der Waals surface area contributed by atoms with Crippen LogP contribution < -0.4 is 10.4 Å². The zero-order valence-corrected chi connectivity index (χ0v) is 27.1. The molecule has 0 bridgehead atoms.